The third-order valence-electron chi connectivity index (χ3n) is 0. The molecule has 0 aliphatic carbocycles. The zero-order chi connectivity index (χ0) is 4.50. The third kappa shape index (κ3) is 138. The molecule has 0 bridgehead atoms. The normalized spacial score (nSPS) is 6.44. The van der Waals surface area contributed by atoms with Crippen LogP contribution in [0.15, 0.2) is 0 Å². The van der Waals surface area contributed by atoms with Crippen molar-refractivity contribution >= 4 is 59.3 Å². The van der Waals surface area contributed by atoms with E-state index in [2.05, 4.69) is 0 Å². The summed E-state index contributed by atoms with van der Waals surface area (Å²) in [5.41, 5.74) is 0. The van der Waals surface area contributed by atoms with Gasteiger partial charge in [-0.2, -0.15) is 0 Å². The Hall–Kier alpha value is 2.24. The molecule has 0 atom stereocenters. The van der Waals surface area contributed by atoms with Gasteiger partial charge < -0.3 is 20.1 Å². The van der Waals surface area contributed by atoms with Gasteiger partial charge in [0.25, 0.3) is 0 Å². The van der Waals surface area contributed by atoms with Gasteiger partial charge in [-0.05, 0) is 0 Å². The summed E-state index contributed by atoms with van der Waals surface area (Å²) in [7, 11) is -5.17. The van der Waals surface area contributed by atoms with Crippen LogP contribution < -0.4 is 0 Å². The molecule has 0 amide bonds. The van der Waals surface area contributed by atoms with Crippen molar-refractivity contribution in [3.8, 4) is 0 Å². The summed E-state index contributed by atoms with van der Waals surface area (Å²) in [6.07, 6.45) is 0. The number of hydrogen-bond donors (Lipinski definition) is 0. The Morgan fingerprint density at radius 1 is 1.00 bits per heavy atom. The molecule has 0 aromatic rings. The van der Waals surface area contributed by atoms with Crippen LogP contribution in [-0.4, -0.2) is 66.4 Å². The van der Waals surface area contributed by atoms with Crippen LogP contribution in [0.5, 0.6) is 0 Å². The molecule has 0 radical (unpaired) electrons. The van der Waals surface area contributed by atoms with E-state index in [1.807, 2.05) is 0 Å². The van der Waals surface area contributed by atoms with Gasteiger partial charge in [0, 0.05) is 10.4 Å². The summed E-state index contributed by atoms with van der Waals surface area (Å²) < 4.78 is 34.1. The first-order valence-corrected chi connectivity index (χ1v) is 2.00. The van der Waals surface area contributed by atoms with Crippen LogP contribution >= 0.6 is 0 Å². The van der Waals surface area contributed by atoms with Crippen molar-refractivity contribution in [2.24, 2.45) is 0 Å². The molecule has 0 heterocycles. The summed E-state index contributed by atoms with van der Waals surface area (Å²) in [5.74, 6) is 0. The summed E-state index contributed by atoms with van der Waals surface area (Å²) in [5, 5.41) is 0. The van der Waals surface area contributed by atoms with Gasteiger partial charge in [-0.15, -0.1) is 0 Å². The molecule has 0 saturated heterocycles. The second kappa shape index (κ2) is 12.9. The zero-order valence-electron chi connectivity index (χ0n) is 4.06. The molecule has 0 aromatic carbocycles. The minimum absolute atomic E-state index is 0. The molecule has 48 valence electrons. The summed E-state index contributed by atoms with van der Waals surface area (Å²) in [4.78, 5) is 0. The van der Waals surface area contributed by atoms with Gasteiger partial charge in [-0.3, -0.25) is 8.42 Å². The molecule has 0 aliphatic rings. The van der Waals surface area contributed by atoms with E-state index >= 15 is 0 Å². The molecular formula is BaO6SZr. The fourth-order valence-electron chi connectivity index (χ4n) is 0. The van der Waals surface area contributed by atoms with Gasteiger partial charge in [0.2, 0.25) is 0 Å². The van der Waals surface area contributed by atoms with E-state index in [1.165, 1.54) is 0 Å². The molecule has 0 rings (SSSR count). The van der Waals surface area contributed by atoms with Crippen molar-refractivity contribution in [1.29, 1.82) is 0 Å². The quantitative estimate of drug-likeness (QED) is 0.282. The Bertz CT molecular complexity index is 96.2. The topological polar surface area (TPSA) is 137 Å². The molecule has 0 fully saturated rings. The van der Waals surface area contributed by atoms with Gasteiger partial charge >= 0.3 is 75.1 Å². The van der Waals surface area contributed by atoms with Crippen molar-refractivity contribution in [3.05, 3.63) is 0 Å². The van der Waals surface area contributed by atoms with E-state index < -0.39 is 10.4 Å². The van der Waals surface area contributed by atoms with E-state index in [4.69, 9.17) is 17.5 Å². The Morgan fingerprint density at radius 3 is 1.00 bits per heavy atom. The Kier molecular flexibility index (Phi) is 43.3. The Balaban J connectivity index is -0.0000000133. The first-order valence-electron chi connectivity index (χ1n) is 0.667. The second-order valence-electron chi connectivity index (χ2n) is 0.408. The van der Waals surface area contributed by atoms with Crippen LogP contribution in [0, 0.1) is 0 Å². The van der Waals surface area contributed by atoms with E-state index in [0.717, 1.165) is 0 Å². The third-order valence-corrected chi connectivity index (χ3v) is 0. The van der Waals surface area contributed by atoms with Crippen LogP contribution in [-0.2, 0) is 47.6 Å². The van der Waals surface area contributed by atoms with E-state index in [9.17, 15) is 0 Å². The average Bonchev–Trinajstić information content (AvgIpc) is 0.722. The minimum Gasteiger partial charge on any atom is -2.00 e. The predicted octanol–water partition coefficient (Wildman–Crippen LogP) is -1.96. The summed E-state index contributed by atoms with van der Waals surface area (Å²) >= 11 is 0. The van der Waals surface area contributed by atoms with Gasteiger partial charge in [0.15, 0.2) is 0 Å². The monoisotopic (exact) mass is 356 g/mol. The SMILES string of the molecule is O=S(=O)([O-])[O-].[Ba+2].[O-2].[O-2].[Zr+4]. The zero-order valence-corrected chi connectivity index (χ0v) is 11.8. The van der Waals surface area contributed by atoms with Gasteiger partial charge in [0.1, 0.15) is 0 Å². The van der Waals surface area contributed by atoms with E-state index in [1.54, 1.807) is 0 Å². The van der Waals surface area contributed by atoms with Gasteiger partial charge in [0.05, 0.1) is 0 Å². The maximum atomic E-state index is 8.52. The maximum absolute atomic E-state index is 8.52. The number of hydrogen-bond acceptors (Lipinski definition) is 4. The minimum atomic E-state index is -5.17. The largest absolute Gasteiger partial charge is 4.00 e. The molecule has 9 heteroatoms. The van der Waals surface area contributed by atoms with Crippen LogP contribution in [0.2, 0.25) is 0 Å². The predicted molar refractivity (Wildman–Crippen MR) is 17.6 cm³/mol. The molecule has 9 heavy (non-hydrogen) atoms. The molecule has 0 aliphatic heterocycles. The first kappa shape index (κ1) is 30.3. The molecule has 0 spiro atoms. The first-order chi connectivity index (χ1) is 2.00. The van der Waals surface area contributed by atoms with Crippen molar-refractivity contribution in [3.63, 3.8) is 0 Å². The van der Waals surface area contributed by atoms with Crippen molar-refractivity contribution < 1.29 is 54.7 Å². The molecule has 0 unspecified atom stereocenters. The molecule has 0 N–H and O–H groups in total. The smallest absolute Gasteiger partial charge is 2.00 e. The standard InChI is InChI=1S/Ba.H2O4S.2O.Zr/c;1-5(2,3)4;;;/h;(H2,1,2,3,4);;;/q+2;;2*-2;+4/p-2. The van der Waals surface area contributed by atoms with E-state index in [-0.39, 0.29) is 86.0 Å². The van der Waals surface area contributed by atoms with Crippen LogP contribution in [0.25, 0.3) is 0 Å². The van der Waals surface area contributed by atoms with Crippen LogP contribution in [0.4, 0.5) is 0 Å². The van der Waals surface area contributed by atoms with Crippen molar-refractivity contribution in [2.45, 2.75) is 0 Å². The fraction of sp³-hybridized carbons (Fsp3) is 0. The van der Waals surface area contributed by atoms with Gasteiger partial charge in [-0.25, -0.2) is 0 Å². The summed E-state index contributed by atoms with van der Waals surface area (Å²) in [6, 6.07) is 0. The Morgan fingerprint density at radius 2 is 1.00 bits per heavy atom. The fourth-order valence-corrected chi connectivity index (χ4v) is 0. The number of rotatable bonds is 0. The van der Waals surface area contributed by atoms with Crippen molar-refractivity contribution in [2.75, 3.05) is 0 Å². The molecule has 0 saturated carbocycles. The summed E-state index contributed by atoms with van der Waals surface area (Å²) in [6.45, 7) is 0. The maximum Gasteiger partial charge on any atom is 4.00 e. The second-order valence-corrected chi connectivity index (χ2v) is 1.22. The molecule has 6 nitrogen and oxygen atoms in total. The van der Waals surface area contributed by atoms with Crippen LogP contribution in [0.3, 0.4) is 0 Å². The Labute approximate surface area is 112 Å². The molecule has 0 aromatic heterocycles. The average molecular weight is 357 g/mol. The van der Waals surface area contributed by atoms with Crippen molar-refractivity contribution in [1.82, 2.24) is 0 Å². The van der Waals surface area contributed by atoms with Gasteiger partial charge in [-0.1, -0.05) is 0 Å². The molecular weight excluding hydrogens is 357 g/mol. The van der Waals surface area contributed by atoms with E-state index in [0.29, 0.717) is 0 Å². The van der Waals surface area contributed by atoms with Crippen LogP contribution in [0.1, 0.15) is 0 Å².